The van der Waals surface area contributed by atoms with Crippen LogP contribution < -0.4 is 14.8 Å². The Balaban J connectivity index is 1.67. The summed E-state index contributed by atoms with van der Waals surface area (Å²) in [4.78, 5) is 16.1. The molecule has 6 nitrogen and oxygen atoms in total. The Hall–Kier alpha value is -3.61. The lowest BCUT2D eigenvalue weighted by molar-refractivity contribution is -0.111. The molecule has 200 valence electrons. The number of methoxy groups -OCH3 is 1. The molecule has 0 spiro atoms. The first kappa shape index (κ1) is 27.4. The number of nitrogens with one attached hydrogen (secondary N) is 1. The molecule has 0 aliphatic heterocycles. The molecule has 0 saturated heterocycles. The van der Waals surface area contributed by atoms with Crippen LogP contribution in [0.15, 0.2) is 78.9 Å². The first-order chi connectivity index (χ1) is 18.5. The Kier molecular flexibility index (Phi) is 9.96. The Bertz CT molecular complexity index is 1180. The summed E-state index contributed by atoms with van der Waals surface area (Å²) in [6.45, 7) is 1.62. The minimum Gasteiger partial charge on any atom is -0.492 e. The number of rotatable bonds is 12. The van der Waals surface area contributed by atoms with Gasteiger partial charge in [0.25, 0.3) is 5.91 Å². The first-order valence-corrected chi connectivity index (χ1v) is 13.3. The average Bonchev–Trinajstić information content (AvgIpc) is 3.46. The van der Waals surface area contributed by atoms with E-state index >= 15 is 0 Å². The van der Waals surface area contributed by atoms with Gasteiger partial charge in [0.1, 0.15) is 18.1 Å². The number of hydrogen-bond donors (Lipinski definition) is 1. The van der Waals surface area contributed by atoms with Crippen molar-refractivity contribution >= 4 is 22.7 Å². The molecule has 0 atom stereocenters. The second-order valence-corrected chi connectivity index (χ2v) is 9.84. The molecule has 0 radical (unpaired) electrons. The molecule has 4 rings (SSSR count). The highest BCUT2D eigenvalue weighted by atomic mass is 16.7. The number of amides is 1. The highest BCUT2D eigenvalue weighted by Crippen LogP contribution is 2.41. The molecular weight excluding hydrogens is 476 g/mol. The third-order valence-electron chi connectivity index (χ3n) is 6.75. The molecule has 0 aromatic heterocycles. The highest BCUT2D eigenvalue weighted by Gasteiger charge is 2.27. The van der Waals surface area contributed by atoms with Crippen molar-refractivity contribution in [3.8, 4) is 11.5 Å². The predicted octanol–water partition coefficient (Wildman–Crippen LogP) is 6.35. The Morgan fingerprint density at radius 3 is 2.11 bits per heavy atom. The zero-order chi connectivity index (χ0) is 26.7. The molecule has 6 heteroatoms. The maximum absolute atomic E-state index is 14.0. The van der Waals surface area contributed by atoms with Gasteiger partial charge in [-0.25, -0.2) is 0 Å². The van der Waals surface area contributed by atoms with Crippen LogP contribution in [-0.2, 0) is 9.53 Å². The molecule has 3 aromatic rings. The van der Waals surface area contributed by atoms with Crippen LogP contribution in [0, 0.1) is 5.92 Å². The van der Waals surface area contributed by atoms with Crippen molar-refractivity contribution in [3.63, 3.8) is 0 Å². The van der Waals surface area contributed by atoms with Crippen molar-refractivity contribution in [2.75, 3.05) is 46.5 Å². The minimum absolute atomic E-state index is 0.123. The second-order valence-electron chi connectivity index (χ2n) is 9.84. The van der Waals surface area contributed by atoms with E-state index < -0.39 is 0 Å². The molecule has 1 saturated carbocycles. The molecule has 0 unspecified atom stereocenters. The van der Waals surface area contributed by atoms with Crippen molar-refractivity contribution in [2.45, 2.75) is 25.7 Å². The van der Waals surface area contributed by atoms with E-state index in [0.29, 0.717) is 23.8 Å². The van der Waals surface area contributed by atoms with Gasteiger partial charge in [-0.15, -0.1) is 0 Å². The Labute approximate surface area is 226 Å². The smallest absolute Gasteiger partial charge is 0.256 e. The normalized spacial score (nSPS) is 14.3. The largest absolute Gasteiger partial charge is 0.492 e. The maximum atomic E-state index is 14.0. The molecule has 3 aromatic carbocycles. The standard InChI is InChI=1S/C32H38N2O4/c1-34(2)21-22-37-28-19-15-27(16-20-28)33-32(35)31(26-13-17-29(18-14-26)38-23-36-3)30(25-11-7-8-12-25)24-9-5-4-6-10-24/h4-6,9-10,13-20,25H,7-8,11-12,21-23H2,1-3H3,(H,33,35). The van der Waals surface area contributed by atoms with Crippen LogP contribution in [0.2, 0.25) is 0 Å². The summed E-state index contributed by atoms with van der Waals surface area (Å²) in [6, 6.07) is 25.6. The molecule has 38 heavy (non-hydrogen) atoms. The molecule has 1 N–H and O–H groups in total. The van der Waals surface area contributed by atoms with Crippen LogP contribution in [0.5, 0.6) is 11.5 Å². The lowest BCUT2D eigenvalue weighted by Crippen LogP contribution is -2.19. The molecule has 1 amide bonds. The molecule has 0 bridgehead atoms. The lowest BCUT2D eigenvalue weighted by atomic mass is 9.84. The van der Waals surface area contributed by atoms with Gasteiger partial charge in [0.2, 0.25) is 0 Å². The minimum atomic E-state index is -0.123. The number of anilines is 1. The van der Waals surface area contributed by atoms with Crippen LogP contribution in [0.4, 0.5) is 5.69 Å². The SMILES string of the molecule is COCOc1ccc(C(C(=O)Nc2ccc(OCCN(C)C)cc2)=C(c2ccccc2)C2CCCC2)cc1. The van der Waals surface area contributed by atoms with Crippen LogP contribution in [0.1, 0.15) is 36.8 Å². The summed E-state index contributed by atoms with van der Waals surface area (Å²) in [5, 5.41) is 3.15. The van der Waals surface area contributed by atoms with E-state index in [2.05, 4.69) is 22.3 Å². The summed E-state index contributed by atoms with van der Waals surface area (Å²) in [7, 11) is 5.63. The fraction of sp³-hybridized carbons (Fsp3) is 0.344. The zero-order valence-corrected chi connectivity index (χ0v) is 22.6. The number of benzene rings is 3. The van der Waals surface area contributed by atoms with E-state index in [9.17, 15) is 4.79 Å². The van der Waals surface area contributed by atoms with Gasteiger partial charge in [-0.1, -0.05) is 55.3 Å². The average molecular weight is 515 g/mol. The number of likely N-dealkylation sites (N-methyl/N-ethyl adjacent to an activating group) is 1. The third-order valence-corrected chi connectivity index (χ3v) is 6.75. The van der Waals surface area contributed by atoms with E-state index in [1.807, 2.05) is 80.8 Å². The van der Waals surface area contributed by atoms with Gasteiger partial charge in [0, 0.05) is 19.3 Å². The maximum Gasteiger partial charge on any atom is 0.256 e. The number of carbonyl (C=O) groups excluding carboxylic acids is 1. The lowest BCUT2D eigenvalue weighted by Gasteiger charge is -2.22. The van der Waals surface area contributed by atoms with Gasteiger partial charge in [-0.2, -0.15) is 0 Å². The first-order valence-electron chi connectivity index (χ1n) is 13.3. The van der Waals surface area contributed by atoms with E-state index in [-0.39, 0.29) is 12.7 Å². The summed E-state index contributed by atoms with van der Waals surface area (Å²) >= 11 is 0. The fourth-order valence-electron chi connectivity index (χ4n) is 4.84. The number of carbonyl (C=O) groups is 1. The molecule has 1 aliphatic rings. The van der Waals surface area contributed by atoms with Gasteiger partial charge in [-0.05, 0) is 86.0 Å². The van der Waals surface area contributed by atoms with Crippen LogP contribution >= 0.6 is 0 Å². The van der Waals surface area contributed by atoms with Crippen LogP contribution in [0.3, 0.4) is 0 Å². The number of allylic oxidation sites excluding steroid dienone is 1. The molecule has 0 heterocycles. The molecule has 1 fully saturated rings. The summed E-state index contributed by atoms with van der Waals surface area (Å²) in [6.07, 6.45) is 4.51. The highest BCUT2D eigenvalue weighted by molar-refractivity contribution is 6.31. The van der Waals surface area contributed by atoms with E-state index in [1.54, 1.807) is 7.11 Å². The van der Waals surface area contributed by atoms with Crippen LogP contribution in [-0.4, -0.2) is 52.0 Å². The number of ether oxygens (including phenoxy) is 3. The van der Waals surface area contributed by atoms with E-state index in [0.717, 1.165) is 47.5 Å². The van der Waals surface area contributed by atoms with Crippen molar-refractivity contribution in [3.05, 3.63) is 90.0 Å². The monoisotopic (exact) mass is 514 g/mol. The quantitative estimate of drug-likeness (QED) is 0.173. The summed E-state index contributed by atoms with van der Waals surface area (Å²) in [5.74, 6) is 1.68. The topological polar surface area (TPSA) is 60.0 Å². The van der Waals surface area contributed by atoms with Crippen molar-refractivity contribution < 1.29 is 19.0 Å². The molecule has 1 aliphatic carbocycles. The molecular formula is C32H38N2O4. The van der Waals surface area contributed by atoms with E-state index in [1.165, 1.54) is 12.8 Å². The predicted molar refractivity (Wildman–Crippen MR) is 153 cm³/mol. The summed E-state index contributed by atoms with van der Waals surface area (Å²) < 4.78 is 16.4. The van der Waals surface area contributed by atoms with Gasteiger partial charge < -0.3 is 24.4 Å². The fourth-order valence-corrected chi connectivity index (χ4v) is 4.84. The van der Waals surface area contributed by atoms with Gasteiger partial charge in [0.05, 0.1) is 5.57 Å². The zero-order valence-electron chi connectivity index (χ0n) is 22.6. The third kappa shape index (κ3) is 7.46. The Morgan fingerprint density at radius 1 is 0.842 bits per heavy atom. The Morgan fingerprint density at radius 2 is 1.47 bits per heavy atom. The van der Waals surface area contributed by atoms with Crippen molar-refractivity contribution in [1.82, 2.24) is 4.90 Å². The number of nitrogens with zero attached hydrogens (tertiary/aromatic N) is 1. The van der Waals surface area contributed by atoms with Gasteiger partial charge >= 0.3 is 0 Å². The number of hydrogen-bond acceptors (Lipinski definition) is 5. The van der Waals surface area contributed by atoms with Crippen molar-refractivity contribution in [2.24, 2.45) is 5.92 Å². The summed E-state index contributed by atoms with van der Waals surface area (Å²) in [5.41, 5.74) is 4.49. The second kappa shape index (κ2) is 13.8. The van der Waals surface area contributed by atoms with Gasteiger partial charge in [-0.3, -0.25) is 4.79 Å². The van der Waals surface area contributed by atoms with Gasteiger partial charge in [0.15, 0.2) is 6.79 Å². The van der Waals surface area contributed by atoms with Crippen molar-refractivity contribution in [1.29, 1.82) is 0 Å². The van der Waals surface area contributed by atoms with Crippen LogP contribution in [0.25, 0.3) is 11.1 Å². The van der Waals surface area contributed by atoms with E-state index in [4.69, 9.17) is 14.2 Å².